The monoisotopic (exact) mass is 280 g/mol. The van der Waals surface area contributed by atoms with E-state index in [4.69, 9.17) is 0 Å². The number of carbonyl (C=O) groups excluding carboxylic acids is 2. The van der Waals surface area contributed by atoms with E-state index in [9.17, 15) is 9.59 Å². The summed E-state index contributed by atoms with van der Waals surface area (Å²) in [7, 11) is 0. The molecule has 2 nitrogen and oxygen atoms in total. The van der Waals surface area contributed by atoms with Crippen molar-refractivity contribution in [2.24, 2.45) is 22.7 Å². The van der Waals surface area contributed by atoms with Crippen molar-refractivity contribution < 1.29 is 9.59 Å². The maximum Gasteiger partial charge on any atom is 0.141 e. The Balaban J connectivity index is 2.59. The zero-order valence-electron chi connectivity index (χ0n) is 14.2. The summed E-state index contributed by atoms with van der Waals surface area (Å²) in [4.78, 5) is 24.9. The Kier molecular flexibility index (Phi) is 5.57. The van der Waals surface area contributed by atoms with Crippen LogP contribution < -0.4 is 0 Å². The molecule has 0 spiro atoms. The second-order valence-electron chi connectivity index (χ2n) is 8.16. The second-order valence-corrected chi connectivity index (χ2v) is 8.16. The summed E-state index contributed by atoms with van der Waals surface area (Å²) in [5.41, 5.74) is -0.441. The van der Waals surface area contributed by atoms with Crippen LogP contribution in [0.1, 0.15) is 80.1 Å². The van der Waals surface area contributed by atoms with Crippen LogP contribution in [-0.4, -0.2) is 11.6 Å². The highest BCUT2D eigenvalue weighted by molar-refractivity contribution is 5.88. The van der Waals surface area contributed by atoms with E-state index >= 15 is 0 Å². The Morgan fingerprint density at radius 2 is 1.25 bits per heavy atom. The smallest absolute Gasteiger partial charge is 0.141 e. The quantitative estimate of drug-likeness (QED) is 0.724. The Hall–Kier alpha value is -0.660. The number of rotatable bonds is 5. The average Bonchev–Trinajstić information content (AvgIpc) is 2.36. The summed E-state index contributed by atoms with van der Waals surface area (Å²) >= 11 is 0. The number of hydrogen-bond donors (Lipinski definition) is 0. The minimum Gasteiger partial charge on any atom is -0.299 e. The van der Waals surface area contributed by atoms with Gasteiger partial charge in [-0.3, -0.25) is 9.59 Å². The standard InChI is InChI=1S/C18H32O2/c1-7-12-18(5,6)16(20)14-10-8-13(9-11-14)15(19)17(2,3)4/h13-14H,7-12H2,1-6H3/t13-,14-. The van der Waals surface area contributed by atoms with Crippen molar-refractivity contribution in [3.05, 3.63) is 0 Å². The van der Waals surface area contributed by atoms with Gasteiger partial charge in [-0.25, -0.2) is 0 Å². The first-order valence-electron chi connectivity index (χ1n) is 8.18. The fourth-order valence-electron chi connectivity index (χ4n) is 3.53. The highest BCUT2D eigenvalue weighted by atomic mass is 16.1. The van der Waals surface area contributed by atoms with E-state index in [1.54, 1.807) is 0 Å². The van der Waals surface area contributed by atoms with Gasteiger partial charge in [0.15, 0.2) is 0 Å². The first kappa shape index (κ1) is 17.4. The van der Waals surface area contributed by atoms with Crippen LogP contribution in [0.5, 0.6) is 0 Å². The van der Waals surface area contributed by atoms with Gasteiger partial charge in [-0.05, 0) is 32.1 Å². The van der Waals surface area contributed by atoms with Crippen molar-refractivity contribution in [3.8, 4) is 0 Å². The molecule has 116 valence electrons. The van der Waals surface area contributed by atoms with Crippen LogP contribution in [0.25, 0.3) is 0 Å². The molecule has 1 rings (SSSR count). The lowest BCUT2D eigenvalue weighted by atomic mass is 9.68. The molecule has 1 aliphatic carbocycles. The fraction of sp³-hybridized carbons (Fsp3) is 0.889. The first-order chi connectivity index (χ1) is 9.09. The fourth-order valence-corrected chi connectivity index (χ4v) is 3.53. The van der Waals surface area contributed by atoms with E-state index in [1.165, 1.54) is 0 Å². The molecule has 1 saturated carbocycles. The molecule has 20 heavy (non-hydrogen) atoms. The van der Waals surface area contributed by atoms with E-state index in [1.807, 2.05) is 20.8 Å². The predicted molar refractivity (Wildman–Crippen MR) is 83.6 cm³/mol. The molecule has 1 aliphatic rings. The minimum atomic E-state index is -0.247. The second kappa shape index (κ2) is 6.41. The summed E-state index contributed by atoms with van der Waals surface area (Å²) in [6, 6.07) is 0. The van der Waals surface area contributed by atoms with Gasteiger partial charge in [0, 0.05) is 22.7 Å². The largest absolute Gasteiger partial charge is 0.299 e. The molecular formula is C18H32O2. The summed E-state index contributed by atoms with van der Waals surface area (Å²) < 4.78 is 0. The number of carbonyl (C=O) groups is 2. The molecule has 0 N–H and O–H groups in total. The zero-order chi connectivity index (χ0) is 15.6. The number of Topliss-reactive ketones (excluding diaryl/α,β-unsaturated/α-hetero) is 2. The van der Waals surface area contributed by atoms with Crippen LogP contribution in [0.15, 0.2) is 0 Å². The van der Waals surface area contributed by atoms with Crippen molar-refractivity contribution >= 4 is 11.6 Å². The lowest BCUT2D eigenvalue weighted by Gasteiger charge is -2.34. The molecule has 2 heteroatoms. The van der Waals surface area contributed by atoms with Crippen molar-refractivity contribution in [3.63, 3.8) is 0 Å². The molecule has 0 heterocycles. The van der Waals surface area contributed by atoms with E-state index in [0.29, 0.717) is 11.6 Å². The van der Waals surface area contributed by atoms with Crippen molar-refractivity contribution in [2.45, 2.75) is 80.1 Å². The molecule has 0 aromatic rings. The SMILES string of the molecule is CCCC(C)(C)C(=O)[C@H]1CC[C@H](C(=O)C(C)(C)C)CC1. The number of hydrogen-bond acceptors (Lipinski definition) is 2. The lowest BCUT2D eigenvalue weighted by Crippen LogP contribution is -2.36. The molecule has 0 aliphatic heterocycles. The molecule has 0 unspecified atom stereocenters. The van der Waals surface area contributed by atoms with Crippen LogP contribution >= 0.6 is 0 Å². The molecule has 0 atom stereocenters. The third-order valence-electron chi connectivity index (χ3n) is 4.75. The van der Waals surface area contributed by atoms with Crippen molar-refractivity contribution in [2.75, 3.05) is 0 Å². The van der Waals surface area contributed by atoms with Crippen LogP contribution in [0.3, 0.4) is 0 Å². The van der Waals surface area contributed by atoms with Crippen molar-refractivity contribution in [1.29, 1.82) is 0 Å². The van der Waals surface area contributed by atoms with E-state index < -0.39 is 0 Å². The summed E-state index contributed by atoms with van der Waals surface area (Å²) in [5, 5.41) is 0. The Bertz CT molecular complexity index is 352. The molecule has 0 bridgehead atoms. The topological polar surface area (TPSA) is 34.1 Å². The average molecular weight is 280 g/mol. The number of ketones is 2. The third-order valence-corrected chi connectivity index (χ3v) is 4.75. The molecular weight excluding hydrogens is 248 g/mol. The minimum absolute atomic E-state index is 0.174. The molecule has 0 saturated heterocycles. The van der Waals surface area contributed by atoms with Gasteiger partial charge in [-0.15, -0.1) is 0 Å². The van der Waals surface area contributed by atoms with E-state index in [2.05, 4.69) is 20.8 Å². The molecule has 0 amide bonds. The van der Waals surface area contributed by atoms with Gasteiger partial charge in [0.25, 0.3) is 0 Å². The van der Waals surface area contributed by atoms with Gasteiger partial charge in [0.2, 0.25) is 0 Å². The predicted octanol–water partition coefficient (Wildman–Crippen LogP) is 4.80. The van der Waals surface area contributed by atoms with Gasteiger partial charge in [0.05, 0.1) is 0 Å². The van der Waals surface area contributed by atoms with Crippen LogP contribution in [0.4, 0.5) is 0 Å². The maximum absolute atomic E-state index is 12.6. The summed E-state index contributed by atoms with van der Waals surface area (Å²) in [6.07, 6.45) is 5.61. The van der Waals surface area contributed by atoms with Gasteiger partial charge in [-0.1, -0.05) is 48.0 Å². The Labute approximate surface area is 124 Å². The molecule has 1 fully saturated rings. The summed E-state index contributed by atoms with van der Waals surface area (Å²) in [5.74, 6) is 1.14. The van der Waals surface area contributed by atoms with Crippen LogP contribution in [-0.2, 0) is 9.59 Å². The van der Waals surface area contributed by atoms with E-state index in [0.717, 1.165) is 38.5 Å². The van der Waals surface area contributed by atoms with Crippen molar-refractivity contribution in [1.82, 2.24) is 0 Å². The third kappa shape index (κ3) is 4.17. The Morgan fingerprint density at radius 1 is 0.850 bits per heavy atom. The van der Waals surface area contributed by atoms with E-state index in [-0.39, 0.29) is 22.7 Å². The summed E-state index contributed by atoms with van der Waals surface area (Å²) in [6.45, 7) is 12.3. The highest BCUT2D eigenvalue weighted by Gasteiger charge is 2.38. The first-order valence-corrected chi connectivity index (χ1v) is 8.18. The highest BCUT2D eigenvalue weighted by Crippen LogP contribution is 2.38. The molecule has 0 aromatic carbocycles. The van der Waals surface area contributed by atoms with Crippen LogP contribution in [0, 0.1) is 22.7 Å². The van der Waals surface area contributed by atoms with Gasteiger partial charge in [0.1, 0.15) is 11.6 Å². The lowest BCUT2D eigenvalue weighted by molar-refractivity contribution is -0.136. The maximum atomic E-state index is 12.6. The van der Waals surface area contributed by atoms with Gasteiger partial charge in [-0.2, -0.15) is 0 Å². The van der Waals surface area contributed by atoms with Gasteiger partial charge >= 0.3 is 0 Å². The van der Waals surface area contributed by atoms with Crippen LogP contribution in [0.2, 0.25) is 0 Å². The van der Waals surface area contributed by atoms with Gasteiger partial charge < -0.3 is 0 Å². The zero-order valence-corrected chi connectivity index (χ0v) is 14.2. The molecule has 0 aromatic heterocycles. The molecule has 0 radical (unpaired) electrons. The normalized spacial score (nSPS) is 24.5. The Morgan fingerprint density at radius 3 is 1.60 bits per heavy atom.